The number of benzene rings is 4. The summed E-state index contributed by atoms with van der Waals surface area (Å²) >= 11 is 0. The van der Waals surface area contributed by atoms with E-state index in [9.17, 15) is 22.8 Å². The zero-order valence-electron chi connectivity index (χ0n) is 22.2. The molecule has 0 fully saturated rings. The summed E-state index contributed by atoms with van der Waals surface area (Å²) < 4.78 is 45.2. The molecule has 0 radical (unpaired) electrons. The zero-order chi connectivity index (χ0) is 29.7. The predicted molar refractivity (Wildman–Crippen MR) is 151 cm³/mol. The van der Waals surface area contributed by atoms with E-state index in [-0.39, 0.29) is 25.1 Å². The lowest BCUT2D eigenvalue weighted by molar-refractivity contribution is -0.275. The molecule has 1 unspecified atom stereocenters. The molecule has 0 saturated heterocycles. The van der Waals surface area contributed by atoms with Crippen LogP contribution in [-0.4, -0.2) is 40.1 Å². The van der Waals surface area contributed by atoms with Gasteiger partial charge in [-0.25, -0.2) is 0 Å². The number of H-pyrrole nitrogens is 1. The number of hydrogen-bond acceptors (Lipinski definition) is 4. The van der Waals surface area contributed by atoms with Gasteiger partial charge >= 0.3 is 12.3 Å². The van der Waals surface area contributed by atoms with Gasteiger partial charge in [-0.15, -0.1) is 13.2 Å². The third-order valence-electron chi connectivity index (χ3n) is 6.83. The van der Waals surface area contributed by atoms with Crippen LogP contribution in [0.25, 0.3) is 22.0 Å². The van der Waals surface area contributed by atoms with E-state index in [4.69, 9.17) is 5.11 Å². The van der Waals surface area contributed by atoms with Gasteiger partial charge in [0, 0.05) is 29.0 Å². The molecule has 0 aliphatic carbocycles. The number of aromatic amines is 1. The van der Waals surface area contributed by atoms with Gasteiger partial charge in [0.15, 0.2) is 0 Å². The lowest BCUT2D eigenvalue weighted by Gasteiger charge is -2.22. The molecule has 1 amide bonds. The van der Waals surface area contributed by atoms with Gasteiger partial charge < -0.3 is 15.2 Å². The first-order valence-corrected chi connectivity index (χ1v) is 13.1. The Morgan fingerprint density at radius 2 is 1.62 bits per heavy atom. The Bertz CT molecular complexity index is 1700. The molecule has 7 nitrogen and oxygen atoms in total. The summed E-state index contributed by atoms with van der Waals surface area (Å²) in [6.07, 6.45) is -4.85. The van der Waals surface area contributed by atoms with Crippen molar-refractivity contribution in [2.24, 2.45) is 0 Å². The average molecular weight is 574 g/mol. The number of nitrogens with zero attached hydrogens (tertiary/aromatic N) is 1. The largest absolute Gasteiger partial charge is 0.573 e. The molecule has 0 aliphatic rings. The number of alkyl halides is 3. The fraction of sp³-hybridized carbons (Fsp3) is 0.156. The van der Waals surface area contributed by atoms with Gasteiger partial charge in [0.05, 0.1) is 17.6 Å². The molecule has 0 bridgehead atoms. The molecule has 3 N–H and O–H groups in total. The third kappa shape index (κ3) is 6.77. The second-order valence-corrected chi connectivity index (χ2v) is 9.67. The van der Waals surface area contributed by atoms with Crippen molar-refractivity contribution in [2.75, 3.05) is 6.54 Å². The fourth-order valence-corrected chi connectivity index (χ4v) is 4.87. The molecule has 5 aromatic rings. The van der Waals surface area contributed by atoms with Gasteiger partial charge in [0.1, 0.15) is 5.75 Å². The number of aromatic nitrogens is 2. The molecule has 0 spiro atoms. The molecule has 1 heterocycles. The normalized spacial score (nSPS) is 12.2. The number of aliphatic carboxylic acids is 1. The van der Waals surface area contributed by atoms with Gasteiger partial charge in [-0.2, -0.15) is 5.10 Å². The monoisotopic (exact) mass is 573 g/mol. The number of carboxylic acids is 1. The number of hydrogen-bond donors (Lipinski definition) is 3. The number of halogens is 3. The van der Waals surface area contributed by atoms with E-state index in [1.54, 1.807) is 36.4 Å². The minimum absolute atomic E-state index is 0.00996. The zero-order valence-corrected chi connectivity index (χ0v) is 22.2. The number of ether oxygens (including phenoxy) is 1. The molecule has 10 heteroatoms. The van der Waals surface area contributed by atoms with E-state index in [2.05, 4.69) is 20.3 Å². The van der Waals surface area contributed by atoms with E-state index in [1.165, 1.54) is 6.07 Å². The average Bonchev–Trinajstić information content (AvgIpc) is 3.40. The number of carbonyl (C=O) groups excluding carboxylic acids is 1. The van der Waals surface area contributed by atoms with Crippen LogP contribution in [0.15, 0.2) is 97.1 Å². The summed E-state index contributed by atoms with van der Waals surface area (Å²) in [6.45, 7) is -0.00996. The molecule has 5 rings (SSSR count). The van der Waals surface area contributed by atoms with Crippen molar-refractivity contribution < 1.29 is 32.6 Å². The first-order valence-electron chi connectivity index (χ1n) is 13.1. The number of para-hydroxylation sites is 1. The van der Waals surface area contributed by atoms with Crippen molar-refractivity contribution in [1.82, 2.24) is 15.5 Å². The van der Waals surface area contributed by atoms with Crippen LogP contribution in [-0.2, 0) is 11.2 Å². The van der Waals surface area contributed by atoms with E-state index in [0.29, 0.717) is 16.8 Å². The van der Waals surface area contributed by atoms with Crippen LogP contribution in [0, 0.1) is 0 Å². The molecule has 42 heavy (non-hydrogen) atoms. The summed E-state index contributed by atoms with van der Waals surface area (Å²) in [5.74, 6) is -2.42. The van der Waals surface area contributed by atoms with Gasteiger partial charge in [0.25, 0.3) is 5.91 Å². The first-order chi connectivity index (χ1) is 20.2. The lowest BCUT2D eigenvalue weighted by atomic mass is 9.85. The van der Waals surface area contributed by atoms with Crippen LogP contribution in [0.3, 0.4) is 0 Å². The Labute approximate surface area is 239 Å². The SMILES string of the molecule is O=C(O)CCNC(=O)c1ccc(CC(c2cc(-c3ccccc3)ccc2OC(F)(F)F)c2n[nH]c3ccccc23)cc1. The van der Waals surface area contributed by atoms with Gasteiger partial charge in [-0.1, -0.05) is 66.7 Å². The molecule has 4 aromatic carbocycles. The Morgan fingerprint density at radius 1 is 0.905 bits per heavy atom. The third-order valence-corrected chi connectivity index (χ3v) is 6.83. The number of fused-ring (bicyclic) bond motifs is 1. The second kappa shape index (κ2) is 12.2. The second-order valence-electron chi connectivity index (χ2n) is 9.67. The predicted octanol–water partition coefficient (Wildman–Crippen LogP) is 6.71. The molecule has 214 valence electrons. The van der Waals surface area contributed by atoms with E-state index >= 15 is 0 Å². The maximum absolute atomic E-state index is 13.6. The van der Waals surface area contributed by atoms with Crippen LogP contribution in [0.1, 0.15) is 39.5 Å². The fourth-order valence-electron chi connectivity index (χ4n) is 4.87. The minimum Gasteiger partial charge on any atom is -0.481 e. The van der Waals surface area contributed by atoms with Crippen LogP contribution >= 0.6 is 0 Å². The number of rotatable bonds is 10. The molecule has 1 aromatic heterocycles. The maximum Gasteiger partial charge on any atom is 0.573 e. The number of carbonyl (C=O) groups is 2. The van der Waals surface area contributed by atoms with Crippen molar-refractivity contribution in [2.45, 2.75) is 25.1 Å². The van der Waals surface area contributed by atoms with E-state index in [1.807, 2.05) is 54.6 Å². The Morgan fingerprint density at radius 3 is 2.33 bits per heavy atom. The highest BCUT2D eigenvalue weighted by molar-refractivity contribution is 5.94. The number of carboxylic acid groups (broad SMARTS) is 1. The van der Waals surface area contributed by atoms with Gasteiger partial charge in [0.2, 0.25) is 0 Å². The molecule has 0 aliphatic heterocycles. The van der Waals surface area contributed by atoms with E-state index in [0.717, 1.165) is 27.6 Å². The highest BCUT2D eigenvalue weighted by Gasteiger charge is 2.34. The highest BCUT2D eigenvalue weighted by Crippen LogP contribution is 2.40. The topological polar surface area (TPSA) is 104 Å². The Kier molecular flexibility index (Phi) is 8.24. The summed E-state index contributed by atoms with van der Waals surface area (Å²) in [5.41, 5.74) is 4.23. The summed E-state index contributed by atoms with van der Waals surface area (Å²) in [5, 5.41) is 19.6. The van der Waals surface area contributed by atoms with Gasteiger partial charge in [-0.05, 0) is 53.4 Å². The summed E-state index contributed by atoms with van der Waals surface area (Å²) in [4.78, 5) is 23.2. The number of amides is 1. The van der Waals surface area contributed by atoms with Crippen LogP contribution in [0.4, 0.5) is 13.2 Å². The van der Waals surface area contributed by atoms with Crippen LogP contribution in [0.5, 0.6) is 5.75 Å². The molecule has 1 atom stereocenters. The Hall–Kier alpha value is -5.12. The standard InChI is InChI=1S/C32H26F3N3O4/c33-32(34,35)42-28-15-14-23(21-6-2-1-3-7-21)19-25(28)26(30-24-8-4-5-9-27(24)37-38-30)18-20-10-12-22(13-11-20)31(41)36-17-16-29(39)40/h1-15,19,26H,16-18H2,(H,36,41)(H,37,38)(H,39,40). The van der Waals surface area contributed by atoms with Crippen molar-refractivity contribution in [3.63, 3.8) is 0 Å². The van der Waals surface area contributed by atoms with Crippen molar-refractivity contribution in [1.29, 1.82) is 0 Å². The van der Waals surface area contributed by atoms with Crippen LogP contribution in [0.2, 0.25) is 0 Å². The summed E-state index contributed by atoms with van der Waals surface area (Å²) in [6, 6.07) is 28.0. The maximum atomic E-state index is 13.6. The van der Waals surface area contributed by atoms with Crippen LogP contribution < -0.4 is 10.1 Å². The lowest BCUT2D eigenvalue weighted by Crippen LogP contribution is -2.25. The van der Waals surface area contributed by atoms with Crippen molar-refractivity contribution >= 4 is 22.8 Å². The van der Waals surface area contributed by atoms with Crippen molar-refractivity contribution in [3.8, 4) is 16.9 Å². The quantitative estimate of drug-likeness (QED) is 0.172. The van der Waals surface area contributed by atoms with E-state index < -0.39 is 24.2 Å². The smallest absolute Gasteiger partial charge is 0.481 e. The molecular formula is C32H26F3N3O4. The number of nitrogens with one attached hydrogen (secondary N) is 2. The molecule has 0 saturated carbocycles. The molecular weight excluding hydrogens is 547 g/mol. The highest BCUT2D eigenvalue weighted by atomic mass is 19.4. The van der Waals surface area contributed by atoms with Crippen molar-refractivity contribution in [3.05, 3.63) is 119 Å². The summed E-state index contributed by atoms with van der Waals surface area (Å²) in [7, 11) is 0. The first kappa shape index (κ1) is 28.4. The Balaban J connectivity index is 1.56. The van der Waals surface area contributed by atoms with Gasteiger partial charge in [-0.3, -0.25) is 14.7 Å². The minimum atomic E-state index is -4.91.